The second kappa shape index (κ2) is 9.61. The van der Waals surface area contributed by atoms with Crippen molar-refractivity contribution in [3.8, 4) is 5.75 Å². The number of halogens is 1. The predicted molar refractivity (Wildman–Crippen MR) is 120 cm³/mol. The van der Waals surface area contributed by atoms with E-state index in [1.807, 2.05) is 18.2 Å². The van der Waals surface area contributed by atoms with Crippen LogP contribution in [0.4, 0.5) is 16.2 Å². The van der Waals surface area contributed by atoms with E-state index in [9.17, 15) is 4.79 Å². The van der Waals surface area contributed by atoms with Gasteiger partial charge in [-0.05, 0) is 48.9 Å². The van der Waals surface area contributed by atoms with Crippen LogP contribution in [-0.4, -0.2) is 47.5 Å². The van der Waals surface area contributed by atoms with Crippen LogP contribution in [0.5, 0.6) is 5.75 Å². The molecule has 0 aliphatic carbocycles. The number of anilines is 2. The van der Waals surface area contributed by atoms with Crippen molar-refractivity contribution < 1.29 is 9.53 Å². The molecule has 2 aromatic heterocycles. The van der Waals surface area contributed by atoms with Crippen molar-refractivity contribution in [1.82, 2.24) is 20.5 Å². The number of hydrogen-bond acceptors (Lipinski definition) is 6. The summed E-state index contributed by atoms with van der Waals surface area (Å²) in [6, 6.07) is 12.4. The molecule has 160 valence electrons. The molecule has 9 heteroatoms. The molecule has 1 fully saturated rings. The lowest BCUT2D eigenvalue weighted by Crippen LogP contribution is -2.51. The van der Waals surface area contributed by atoms with Crippen LogP contribution < -0.4 is 20.3 Å². The van der Waals surface area contributed by atoms with Crippen LogP contribution in [0.2, 0.25) is 5.02 Å². The maximum absolute atomic E-state index is 12.7. The third kappa shape index (κ3) is 5.21. The zero-order valence-electron chi connectivity index (χ0n) is 17.0. The molecule has 1 aliphatic rings. The molecule has 8 nitrogen and oxygen atoms in total. The number of carbonyl (C=O) groups is 1. The van der Waals surface area contributed by atoms with Gasteiger partial charge in [-0.25, -0.2) is 4.79 Å². The second-order valence-corrected chi connectivity index (χ2v) is 7.71. The highest BCUT2D eigenvalue weighted by Gasteiger charge is 2.33. The average molecular weight is 439 g/mol. The Morgan fingerprint density at radius 3 is 2.65 bits per heavy atom. The maximum atomic E-state index is 12.7. The van der Waals surface area contributed by atoms with Crippen molar-refractivity contribution in [2.24, 2.45) is 0 Å². The van der Waals surface area contributed by atoms with Gasteiger partial charge in [-0.1, -0.05) is 11.6 Å². The summed E-state index contributed by atoms with van der Waals surface area (Å²) in [5, 5.41) is 14.5. The number of benzene rings is 1. The highest BCUT2D eigenvalue weighted by Crippen LogP contribution is 2.30. The van der Waals surface area contributed by atoms with Crippen molar-refractivity contribution in [2.45, 2.75) is 18.4 Å². The molecule has 0 radical (unpaired) electrons. The fourth-order valence-corrected chi connectivity index (χ4v) is 3.86. The molecule has 0 unspecified atom stereocenters. The maximum Gasteiger partial charge on any atom is 0.319 e. The Morgan fingerprint density at radius 1 is 1.13 bits per heavy atom. The molecule has 2 amide bonds. The summed E-state index contributed by atoms with van der Waals surface area (Å²) in [4.78, 5) is 19.5. The van der Waals surface area contributed by atoms with Gasteiger partial charge in [0.1, 0.15) is 5.75 Å². The van der Waals surface area contributed by atoms with Crippen LogP contribution in [-0.2, 0) is 0 Å². The predicted octanol–water partition coefficient (Wildman–Crippen LogP) is 3.72. The molecule has 2 N–H and O–H groups in total. The zero-order valence-corrected chi connectivity index (χ0v) is 17.8. The summed E-state index contributed by atoms with van der Waals surface area (Å²) < 4.78 is 5.24. The van der Waals surface area contributed by atoms with E-state index in [0.29, 0.717) is 23.0 Å². The lowest BCUT2D eigenvalue weighted by molar-refractivity contribution is 0.243. The van der Waals surface area contributed by atoms with Gasteiger partial charge in [0.25, 0.3) is 0 Å². The Bertz CT molecular complexity index is 1000. The van der Waals surface area contributed by atoms with E-state index < -0.39 is 0 Å². The van der Waals surface area contributed by atoms with Crippen LogP contribution in [0.1, 0.15) is 18.0 Å². The second-order valence-electron chi connectivity index (χ2n) is 7.28. The molecule has 3 aromatic rings. The Morgan fingerprint density at radius 2 is 1.97 bits per heavy atom. The van der Waals surface area contributed by atoms with Crippen molar-refractivity contribution in [3.63, 3.8) is 0 Å². The average Bonchev–Trinajstić information content (AvgIpc) is 2.81. The monoisotopic (exact) mass is 438 g/mol. The molecule has 0 spiro atoms. The topological polar surface area (TPSA) is 92.3 Å². The Labute approximate surface area is 185 Å². The molecule has 1 aromatic carbocycles. The minimum atomic E-state index is -0.259. The van der Waals surface area contributed by atoms with Gasteiger partial charge in [-0.15, -0.1) is 0 Å². The van der Waals surface area contributed by atoms with Gasteiger partial charge in [0.05, 0.1) is 31.4 Å². The van der Waals surface area contributed by atoms with E-state index in [-0.39, 0.29) is 18.0 Å². The number of piperidine rings is 1. The van der Waals surface area contributed by atoms with Gasteiger partial charge in [0.15, 0.2) is 0 Å². The molecular weight excluding hydrogens is 416 g/mol. The van der Waals surface area contributed by atoms with Gasteiger partial charge in [0.2, 0.25) is 0 Å². The Kier molecular flexibility index (Phi) is 6.47. The van der Waals surface area contributed by atoms with Gasteiger partial charge in [0, 0.05) is 41.5 Å². The first kappa shape index (κ1) is 20.9. The van der Waals surface area contributed by atoms with E-state index >= 15 is 0 Å². The quantitative estimate of drug-likeness (QED) is 0.630. The summed E-state index contributed by atoms with van der Waals surface area (Å²) in [6.45, 7) is 1.47. The fourth-order valence-electron chi connectivity index (χ4n) is 3.73. The van der Waals surface area contributed by atoms with Crippen molar-refractivity contribution in [3.05, 3.63) is 71.8 Å². The van der Waals surface area contributed by atoms with E-state index in [0.717, 1.165) is 24.3 Å². The molecular formula is C22H23ClN6O2. The zero-order chi connectivity index (χ0) is 21.6. The fraction of sp³-hybridized carbons (Fsp3) is 0.273. The van der Waals surface area contributed by atoms with Crippen LogP contribution in [0, 0.1) is 0 Å². The minimum Gasteiger partial charge on any atom is -0.495 e. The molecule has 4 rings (SSSR count). The minimum absolute atomic E-state index is 0.0104. The first-order chi connectivity index (χ1) is 15.1. The van der Waals surface area contributed by atoms with Gasteiger partial charge in [-0.3, -0.25) is 4.98 Å². The summed E-state index contributed by atoms with van der Waals surface area (Å²) >= 11 is 5.92. The molecule has 0 bridgehead atoms. The number of urea groups is 1. The normalized spacial score (nSPS) is 18.3. The van der Waals surface area contributed by atoms with Crippen LogP contribution >= 0.6 is 11.6 Å². The number of amides is 2. The van der Waals surface area contributed by atoms with E-state index in [2.05, 4.69) is 30.7 Å². The molecule has 1 aliphatic heterocycles. The lowest BCUT2D eigenvalue weighted by Gasteiger charge is -2.39. The highest BCUT2D eigenvalue weighted by atomic mass is 35.5. The molecule has 0 saturated carbocycles. The van der Waals surface area contributed by atoms with Crippen molar-refractivity contribution in [1.29, 1.82) is 0 Å². The number of hydrogen-bond donors (Lipinski definition) is 2. The summed E-state index contributed by atoms with van der Waals surface area (Å²) in [5.41, 5.74) is 2.57. The van der Waals surface area contributed by atoms with Gasteiger partial charge < -0.3 is 20.3 Å². The molecule has 2 atom stereocenters. The van der Waals surface area contributed by atoms with Crippen LogP contribution in [0.15, 0.2) is 61.1 Å². The number of carbonyl (C=O) groups excluding carboxylic acids is 1. The number of nitrogens with zero attached hydrogens (tertiary/aromatic N) is 4. The van der Waals surface area contributed by atoms with Crippen LogP contribution in [0.25, 0.3) is 0 Å². The number of aromatic nitrogens is 3. The van der Waals surface area contributed by atoms with Crippen molar-refractivity contribution >= 4 is 29.0 Å². The lowest BCUT2D eigenvalue weighted by atomic mass is 9.88. The number of ether oxygens (including phenoxy) is 1. The number of rotatable bonds is 5. The van der Waals surface area contributed by atoms with Gasteiger partial charge >= 0.3 is 6.03 Å². The first-order valence-electron chi connectivity index (χ1n) is 9.97. The SMILES string of the molecule is COc1ccc([C@@H]2CN(c3ccnnc3)CC[C@H]2NC(=O)Nc2ccc(Cl)cc2)nc1. The van der Waals surface area contributed by atoms with E-state index in [1.54, 1.807) is 50.0 Å². The van der Waals surface area contributed by atoms with E-state index in [4.69, 9.17) is 16.3 Å². The number of nitrogens with one attached hydrogen (secondary N) is 2. The third-order valence-electron chi connectivity index (χ3n) is 5.34. The highest BCUT2D eigenvalue weighted by molar-refractivity contribution is 6.30. The summed E-state index contributed by atoms with van der Waals surface area (Å²) in [6.07, 6.45) is 5.89. The van der Waals surface area contributed by atoms with E-state index in [1.165, 1.54) is 0 Å². The Balaban J connectivity index is 1.51. The van der Waals surface area contributed by atoms with Crippen molar-refractivity contribution in [2.75, 3.05) is 30.4 Å². The third-order valence-corrected chi connectivity index (χ3v) is 5.59. The first-order valence-corrected chi connectivity index (χ1v) is 10.3. The number of pyridine rings is 1. The standard InChI is InChI=1S/C22H23ClN6O2/c1-31-18-6-7-20(24-13-18)19-14-29(17-8-10-25-26-12-17)11-9-21(19)28-22(30)27-16-4-2-15(23)3-5-16/h2-8,10,12-13,19,21H,9,11,14H2,1H3,(H2,27,28,30)/t19-,21+/m0/s1. The van der Waals surface area contributed by atoms with Crippen LogP contribution in [0.3, 0.4) is 0 Å². The summed E-state index contributed by atoms with van der Waals surface area (Å²) in [7, 11) is 1.61. The molecule has 1 saturated heterocycles. The molecule has 31 heavy (non-hydrogen) atoms. The smallest absolute Gasteiger partial charge is 0.319 e. The number of methoxy groups -OCH3 is 1. The Hall–Kier alpha value is -3.39. The summed E-state index contributed by atoms with van der Waals surface area (Å²) in [5.74, 6) is 0.684. The molecule has 3 heterocycles. The van der Waals surface area contributed by atoms with Gasteiger partial charge in [-0.2, -0.15) is 10.2 Å². The largest absolute Gasteiger partial charge is 0.495 e.